The number of carbonyl (C=O) groups is 1. The summed E-state index contributed by atoms with van der Waals surface area (Å²) in [5.74, 6) is 0.201. The smallest absolute Gasteiger partial charge is 0.241 e. The van der Waals surface area contributed by atoms with E-state index in [9.17, 15) is 4.79 Å². The Balaban J connectivity index is 1.29. The Kier molecular flexibility index (Phi) is 5.55. The topological polar surface area (TPSA) is 40.5 Å². The summed E-state index contributed by atoms with van der Waals surface area (Å²) >= 11 is 0. The second-order valence-corrected chi connectivity index (χ2v) is 9.02. The third-order valence-corrected chi connectivity index (χ3v) is 6.94. The maximum absolute atomic E-state index is 13.0. The van der Waals surface area contributed by atoms with Crippen LogP contribution in [-0.4, -0.2) is 48.1 Å². The number of hydrogen-bond donors (Lipinski definition) is 1. The molecule has 3 heterocycles. The minimum Gasteiger partial charge on any atom is -0.347 e. The van der Waals surface area contributed by atoms with Crippen molar-refractivity contribution in [2.75, 3.05) is 37.6 Å². The molecular formula is C26H32N4O. The highest BCUT2D eigenvalue weighted by Gasteiger charge is 2.26. The number of aryl methyl sites for hydroxylation is 2. The lowest BCUT2D eigenvalue weighted by atomic mass is 10.1. The molecule has 5 heteroatoms. The highest BCUT2D eigenvalue weighted by molar-refractivity contribution is 5.98. The zero-order valence-corrected chi connectivity index (χ0v) is 18.7. The average Bonchev–Trinajstić information content (AvgIpc) is 2.93. The van der Waals surface area contributed by atoms with Gasteiger partial charge in [-0.05, 0) is 56.0 Å². The largest absolute Gasteiger partial charge is 0.347 e. The number of amides is 1. The second-order valence-electron chi connectivity index (χ2n) is 9.02. The van der Waals surface area contributed by atoms with Crippen LogP contribution in [0.1, 0.15) is 28.8 Å². The Bertz CT molecular complexity index is 1100. The van der Waals surface area contributed by atoms with Gasteiger partial charge < -0.3 is 14.8 Å². The van der Waals surface area contributed by atoms with E-state index in [1.165, 1.54) is 39.7 Å². The van der Waals surface area contributed by atoms with E-state index < -0.39 is 0 Å². The first kappa shape index (κ1) is 20.3. The Morgan fingerprint density at radius 1 is 1.06 bits per heavy atom. The molecular weight excluding hydrogens is 384 g/mol. The van der Waals surface area contributed by atoms with E-state index in [0.717, 1.165) is 51.3 Å². The van der Waals surface area contributed by atoms with Gasteiger partial charge in [0.25, 0.3) is 0 Å². The Labute approximate surface area is 184 Å². The highest BCUT2D eigenvalue weighted by Crippen LogP contribution is 2.31. The van der Waals surface area contributed by atoms with Gasteiger partial charge in [0.2, 0.25) is 5.91 Å². The van der Waals surface area contributed by atoms with Crippen LogP contribution in [0, 0.1) is 6.92 Å². The molecule has 31 heavy (non-hydrogen) atoms. The molecule has 0 spiro atoms. The van der Waals surface area contributed by atoms with Crippen molar-refractivity contribution in [1.82, 2.24) is 14.8 Å². The highest BCUT2D eigenvalue weighted by atomic mass is 16.2. The Morgan fingerprint density at radius 2 is 1.90 bits per heavy atom. The third-order valence-electron chi connectivity index (χ3n) is 6.94. The van der Waals surface area contributed by atoms with E-state index in [0.29, 0.717) is 6.54 Å². The van der Waals surface area contributed by atoms with Crippen LogP contribution in [0.3, 0.4) is 0 Å². The van der Waals surface area contributed by atoms with E-state index in [1.807, 2.05) is 4.90 Å². The van der Waals surface area contributed by atoms with Crippen LogP contribution in [0.4, 0.5) is 5.69 Å². The minimum absolute atomic E-state index is 0.201. The lowest BCUT2D eigenvalue weighted by molar-refractivity contribution is -0.121. The summed E-state index contributed by atoms with van der Waals surface area (Å²) in [6.45, 7) is 7.23. The van der Waals surface area contributed by atoms with Crippen LogP contribution in [0.2, 0.25) is 0 Å². The number of fused-ring (bicyclic) bond motifs is 3. The number of benzene rings is 2. The summed E-state index contributed by atoms with van der Waals surface area (Å²) in [4.78, 5) is 17.2. The molecule has 0 saturated carbocycles. The first-order chi connectivity index (χ1) is 15.1. The number of piperazine rings is 1. The Morgan fingerprint density at radius 3 is 2.71 bits per heavy atom. The van der Waals surface area contributed by atoms with Gasteiger partial charge >= 0.3 is 0 Å². The standard InChI is InChI=1S/C26H32N4O/c1-19-5-7-20(8-6-19)11-13-29-14-15-30(26(31)18-29)21-9-10-22-23-17-27-12-3-4-24(23)28(2)25(22)16-21/h5-10,16,27H,3-4,11-15,17-18H2,1-2H3. The molecule has 3 aromatic rings. The van der Waals surface area contributed by atoms with Gasteiger partial charge in [0, 0.05) is 50.0 Å². The van der Waals surface area contributed by atoms with Crippen molar-refractivity contribution >= 4 is 22.5 Å². The fourth-order valence-electron chi connectivity index (χ4n) is 5.06. The molecule has 0 aliphatic carbocycles. The van der Waals surface area contributed by atoms with E-state index in [-0.39, 0.29) is 5.91 Å². The maximum atomic E-state index is 13.0. The molecule has 0 bridgehead atoms. The molecule has 5 nitrogen and oxygen atoms in total. The third kappa shape index (κ3) is 4.00. The fraction of sp³-hybridized carbons (Fsp3) is 0.423. The average molecular weight is 417 g/mol. The molecule has 0 unspecified atom stereocenters. The molecule has 5 rings (SSSR count). The fourth-order valence-corrected chi connectivity index (χ4v) is 5.06. The van der Waals surface area contributed by atoms with E-state index >= 15 is 0 Å². The van der Waals surface area contributed by atoms with Crippen LogP contribution in [0.25, 0.3) is 10.9 Å². The monoisotopic (exact) mass is 416 g/mol. The zero-order chi connectivity index (χ0) is 21.4. The van der Waals surface area contributed by atoms with Crippen LogP contribution >= 0.6 is 0 Å². The predicted octanol–water partition coefficient (Wildman–Crippen LogP) is 3.41. The molecule has 0 radical (unpaired) electrons. The molecule has 162 valence electrons. The molecule has 2 aliphatic rings. The summed E-state index contributed by atoms with van der Waals surface area (Å²) in [7, 11) is 2.17. The van der Waals surface area contributed by atoms with Crippen LogP contribution in [0.5, 0.6) is 0 Å². The van der Waals surface area contributed by atoms with Crippen molar-refractivity contribution in [2.24, 2.45) is 7.05 Å². The SMILES string of the molecule is Cc1ccc(CCN2CCN(c3ccc4c5c(n(C)c4c3)CCCNC5)C(=O)C2)cc1. The van der Waals surface area contributed by atoms with Crippen molar-refractivity contribution in [3.63, 3.8) is 0 Å². The number of anilines is 1. The zero-order valence-electron chi connectivity index (χ0n) is 18.7. The number of nitrogens with zero attached hydrogens (tertiary/aromatic N) is 3. The minimum atomic E-state index is 0.201. The molecule has 0 atom stereocenters. The number of carbonyl (C=O) groups excluding carboxylic acids is 1. The summed E-state index contributed by atoms with van der Waals surface area (Å²) in [5, 5.41) is 4.86. The van der Waals surface area contributed by atoms with Crippen molar-refractivity contribution in [3.05, 3.63) is 64.8 Å². The number of nitrogens with one attached hydrogen (secondary N) is 1. The maximum Gasteiger partial charge on any atom is 0.241 e. The van der Waals surface area contributed by atoms with Crippen LogP contribution in [-0.2, 0) is 31.2 Å². The molecule has 1 saturated heterocycles. The van der Waals surface area contributed by atoms with Crippen molar-refractivity contribution in [1.29, 1.82) is 0 Å². The molecule has 1 aromatic heterocycles. The summed E-state index contributed by atoms with van der Waals surface area (Å²) in [5.41, 5.74) is 7.75. The first-order valence-corrected chi connectivity index (χ1v) is 11.5. The first-order valence-electron chi connectivity index (χ1n) is 11.5. The lowest BCUT2D eigenvalue weighted by Crippen LogP contribution is -2.50. The quantitative estimate of drug-likeness (QED) is 0.709. The number of rotatable bonds is 4. The lowest BCUT2D eigenvalue weighted by Gasteiger charge is -2.34. The molecule has 1 amide bonds. The number of hydrogen-bond acceptors (Lipinski definition) is 3. The summed E-state index contributed by atoms with van der Waals surface area (Å²) < 4.78 is 2.34. The summed E-state index contributed by atoms with van der Waals surface area (Å²) in [6.07, 6.45) is 3.27. The van der Waals surface area contributed by atoms with E-state index in [1.54, 1.807) is 0 Å². The van der Waals surface area contributed by atoms with Crippen molar-refractivity contribution < 1.29 is 4.79 Å². The van der Waals surface area contributed by atoms with Gasteiger partial charge in [-0.1, -0.05) is 35.9 Å². The van der Waals surface area contributed by atoms with E-state index in [4.69, 9.17) is 0 Å². The van der Waals surface area contributed by atoms with Gasteiger partial charge in [-0.15, -0.1) is 0 Å². The number of aromatic nitrogens is 1. The van der Waals surface area contributed by atoms with Crippen molar-refractivity contribution in [3.8, 4) is 0 Å². The van der Waals surface area contributed by atoms with Crippen molar-refractivity contribution in [2.45, 2.75) is 32.7 Å². The van der Waals surface area contributed by atoms with Gasteiger partial charge in [-0.2, -0.15) is 0 Å². The molecule has 1 fully saturated rings. The van der Waals surface area contributed by atoms with Crippen LogP contribution in [0.15, 0.2) is 42.5 Å². The van der Waals surface area contributed by atoms with Gasteiger partial charge in [-0.3, -0.25) is 9.69 Å². The predicted molar refractivity (Wildman–Crippen MR) is 127 cm³/mol. The normalized spacial score (nSPS) is 17.7. The molecule has 1 N–H and O–H groups in total. The van der Waals surface area contributed by atoms with Gasteiger partial charge in [0.15, 0.2) is 0 Å². The van der Waals surface area contributed by atoms with E-state index in [2.05, 4.69) is 71.2 Å². The summed E-state index contributed by atoms with van der Waals surface area (Å²) in [6, 6.07) is 15.3. The van der Waals surface area contributed by atoms with Gasteiger partial charge in [0.05, 0.1) is 12.1 Å². The van der Waals surface area contributed by atoms with Gasteiger partial charge in [0.1, 0.15) is 0 Å². The second kappa shape index (κ2) is 8.48. The molecule has 2 aromatic carbocycles. The van der Waals surface area contributed by atoms with Gasteiger partial charge in [-0.25, -0.2) is 0 Å². The van der Waals surface area contributed by atoms with Crippen LogP contribution < -0.4 is 10.2 Å². The molecule has 2 aliphatic heterocycles. The Hall–Kier alpha value is -2.63.